The molecule has 21 heavy (non-hydrogen) atoms. The lowest BCUT2D eigenvalue weighted by Crippen LogP contribution is -2.37. The highest BCUT2D eigenvalue weighted by Crippen LogP contribution is 2.26. The standard InChI is InChI=1S/C13H15N3O5/c14-13(18)11-7-10(1-2-12(11)16(19)20)21-9-3-5-15(8-17)6-4-9/h1-2,7-9H,3-6H2,(H2,14,18). The Labute approximate surface area is 120 Å². The quantitative estimate of drug-likeness (QED) is 0.487. The van der Waals surface area contributed by atoms with Gasteiger partial charge in [-0.25, -0.2) is 0 Å². The van der Waals surface area contributed by atoms with Crippen LogP contribution in [0.4, 0.5) is 5.69 Å². The molecule has 0 radical (unpaired) electrons. The first kappa shape index (κ1) is 14.8. The number of nitrogens with two attached hydrogens (primary N) is 1. The van der Waals surface area contributed by atoms with Crippen molar-refractivity contribution >= 4 is 18.0 Å². The van der Waals surface area contributed by atoms with Gasteiger partial charge in [0.25, 0.3) is 11.6 Å². The lowest BCUT2D eigenvalue weighted by Gasteiger charge is -2.29. The maximum Gasteiger partial charge on any atom is 0.282 e. The zero-order valence-corrected chi connectivity index (χ0v) is 11.2. The van der Waals surface area contributed by atoms with E-state index in [1.54, 1.807) is 4.90 Å². The minimum Gasteiger partial charge on any atom is -0.490 e. The van der Waals surface area contributed by atoms with Gasteiger partial charge in [0.05, 0.1) is 4.92 Å². The molecule has 1 heterocycles. The minimum atomic E-state index is -0.872. The topological polar surface area (TPSA) is 116 Å². The van der Waals surface area contributed by atoms with Crippen molar-refractivity contribution in [1.29, 1.82) is 0 Å². The Hall–Kier alpha value is -2.64. The Morgan fingerprint density at radius 1 is 1.43 bits per heavy atom. The van der Waals surface area contributed by atoms with E-state index < -0.39 is 10.8 Å². The van der Waals surface area contributed by atoms with E-state index in [-0.39, 0.29) is 17.4 Å². The van der Waals surface area contributed by atoms with Gasteiger partial charge in [-0.3, -0.25) is 19.7 Å². The molecule has 2 N–H and O–H groups in total. The summed E-state index contributed by atoms with van der Waals surface area (Å²) in [6.45, 7) is 1.20. The van der Waals surface area contributed by atoms with Gasteiger partial charge in [-0.05, 0) is 12.1 Å². The molecule has 2 amide bonds. The average molecular weight is 293 g/mol. The zero-order chi connectivity index (χ0) is 15.4. The molecule has 112 valence electrons. The lowest BCUT2D eigenvalue weighted by molar-refractivity contribution is -0.385. The first-order chi connectivity index (χ1) is 10.0. The summed E-state index contributed by atoms with van der Waals surface area (Å²) >= 11 is 0. The SMILES string of the molecule is NC(=O)c1cc(OC2CCN(C=O)CC2)ccc1[N+](=O)[O-]. The Morgan fingerprint density at radius 2 is 2.10 bits per heavy atom. The molecule has 0 saturated carbocycles. The fourth-order valence-electron chi connectivity index (χ4n) is 2.24. The van der Waals surface area contributed by atoms with Crippen LogP contribution >= 0.6 is 0 Å². The number of ether oxygens (including phenoxy) is 1. The number of rotatable bonds is 5. The molecular formula is C13H15N3O5. The second kappa shape index (κ2) is 6.21. The summed E-state index contributed by atoms with van der Waals surface area (Å²) in [5, 5.41) is 10.8. The van der Waals surface area contributed by atoms with Gasteiger partial charge >= 0.3 is 0 Å². The largest absolute Gasteiger partial charge is 0.490 e. The van der Waals surface area contributed by atoms with Crippen LogP contribution in [-0.4, -0.2) is 41.3 Å². The highest BCUT2D eigenvalue weighted by atomic mass is 16.6. The Balaban J connectivity index is 2.11. The maximum atomic E-state index is 11.3. The summed E-state index contributed by atoms with van der Waals surface area (Å²) in [5.41, 5.74) is 4.63. The third-order valence-electron chi connectivity index (χ3n) is 3.36. The maximum absolute atomic E-state index is 11.3. The second-order valence-electron chi connectivity index (χ2n) is 4.76. The molecule has 0 atom stereocenters. The van der Waals surface area contributed by atoms with Crippen LogP contribution in [0.15, 0.2) is 18.2 Å². The minimum absolute atomic E-state index is 0.0941. The molecule has 1 aliphatic rings. The number of hydrogen-bond donors (Lipinski definition) is 1. The van der Waals surface area contributed by atoms with E-state index in [4.69, 9.17) is 10.5 Å². The van der Waals surface area contributed by atoms with Gasteiger partial charge in [-0.2, -0.15) is 0 Å². The third-order valence-corrected chi connectivity index (χ3v) is 3.36. The molecule has 1 aromatic rings. The van der Waals surface area contributed by atoms with E-state index in [1.807, 2.05) is 0 Å². The van der Waals surface area contributed by atoms with Gasteiger partial charge < -0.3 is 15.4 Å². The number of likely N-dealkylation sites (tertiary alicyclic amines) is 1. The number of benzene rings is 1. The molecule has 0 aromatic heterocycles. The third kappa shape index (κ3) is 3.47. The average Bonchev–Trinajstić information content (AvgIpc) is 2.47. The second-order valence-corrected chi connectivity index (χ2v) is 4.76. The monoisotopic (exact) mass is 293 g/mol. The van der Waals surface area contributed by atoms with E-state index in [0.717, 1.165) is 6.41 Å². The summed E-state index contributed by atoms with van der Waals surface area (Å²) in [6, 6.07) is 3.93. The van der Waals surface area contributed by atoms with Crippen LogP contribution < -0.4 is 10.5 Å². The predicted molar refractivity (Wildman–Crippen MR) is 72.9 cm³/mol. The van der Waals surface area contributed by atoms with Crippen molar-refractivity contribution in [3.8, 4) is 5.75 Å². The number of nitro groups is 1. The van der Waals surface area contributed by atoms with E-state index in [0.29, 0.717) is 31.7 Å². The number of piperidine rings is 1. The Bertz CT molecular complexity index is 567. The molecule has 0 bridgehead atoms. The van der Waals surface area contributed by atoms with Crippen LogP contribution in [0.3, 0.4) is 0 Å². The Morgan fingerprint density at radius 3 is 2.62 bits per heavy atom. The van der Waals surface area contributed by atoms with Crippen LogP contribution in [0, 0.1) is 10.1 Å². The molecular weight excluding hydrogens is 278 g/mol. The van der Waals surface area contributed by atoms with Gasteiger partial charge in [-0.15, -0.1) is 0 Å². The normalized spacial score (nSPS) is 15.5. The van der Waals surface area contributed by atoms with Crippen molar-refractivity contribution in [3.05, 3.63) is 33.9 Å². The predicted octanol–water partition coefficient (Wildman–Crippen LogP) is 0.693. The first-order valence-electron chi connectivity index (χ1n) is 6.45. The molecule has 1 saturated heterocycles. The molecule has 1 aromatic carbocycles. The van der Waals surface area contributed by atoms with Crippen LogP contribution in [0.1, 0.15) is 23.2 Å². The first-order valence-corrected chi connectivity index (χ1v) is 6.45. The van der Waals surface area contributed by atoms with E-state index in [9.17, 15) is 19.7 Å². The number of carbonyl (C=O) groups is 2. The molecule has 2 rings (SSSR count). The summed E-state index contributed by atoms with van der Waals surface area (Å²) in [6.07, 6.45) is 2.04. The fraction of sp³-hybridized carbons (Fsp3) is 0.385. The van der Waals surface area contributed by atoms with Crippen molar-refractivity contribution in [2.75, 3.05) is 13.1 Å². The van der Waals surface area contributed by atoms with Crippen molar-refractivity contribution in [3.63, 3.8) is 0 Å². The summed E-state index contributed by atoms with van der Waals surface area (Å²) in [4.78, 5) is 33.7. The molecule has 8 heteroatoms. The summed E-state index contributed by atoms with van der Waals surface area (Å²) < 4.78 is 5.70. The number of hydrogen-bond acceptors (Lipinski definition) is 5. The molecule has 0 spiro atoms. The highest BCUT2D eigenvalue weighted by molar-refractivity contribution is 5.97. The number of nitro benzene ring substituents is 1. The van der Waals surface area contributed by atoms with Gasteiger partial charge in [0, 0.05) is 32.0 Å². The molecule has 1 aliphatic heterocycles. The number of nitrogens with zero attached hydrogens (tertiary/aromatic N) is 2. The Kier molecular flexibility index (Phi) is 4.36. The van der Waals surface area contributed by atoms with Crippen molar-refractivity contribution in [2.24, 2.45) is 5.73 Å². The van der Waals surface area contributed by atoms with Crippen molar-refractivity contribution in [1.82, 2.24) is 4.90 Å². The summed E-state index contributed by atoms with van der Waals surface area (Å²) in [7, 11) is 0. The molecule has 1 fully saturated rings. The van der Waals surface area contributed by atoms with E-state index in [1.165, 1.54) is 18.2 Å². The lowest BCUT2D eigenvalue weighted by atomic mass is 10.1. The van der Waals surface area contributed by atoms with Crippen LogP contribution in [0.2, 0.25) is 0 Å². The summed E-state index contributed by atoms with van der Waals surface area (Å²) in [5.74, 6) is -0.512. The zero-order valence-electron chi connectivity index (χ0n) is 11.2. The fourth-order valence-corrected chi connectivity index (χ4v) is 2.24. The van der Waals surface area contributed by atoms with Crippen LogP contribution in [0.25, 0.3) is 0 Å². The molecule has 8 nitrogen and oxygen atoms in total. The van der Waals surface area contributed by atoms with Crippen LogP contribution in [-0.2, 0) is 4.79 Å². The van der Waals surface area contributed by atoms with Crippen molar-refractivity contribution < 1.29 is 19.2 Å². The highest BCUT2D eigenvalue weighted by Gasteiger charge is 2.22. The van der Waals surface area contributed by atoms with Gasteiger partial charge in [0.2, 0.25) is 6.41 Å². The van der Waals surface area contributed by atoms with Gasteiger partial charge in [0.15, 0.2) is 0 Å². The molecule has 0 aliphatic carbocycles. The van der Waals surface area contributed by atoms with Crippen LogP contribution in [0.5, 0.6) is 5.75 Å². The van der Waals surface area contributed by atoms with Gasteiger partial charge in [0.1, 0.15) is 17.4 Å². The smallest absolute Gasteiger partial charge is 0.282 e. The van der Waals surface area contributed by atoms with Gasteiger partial charge in [-0.1, -0.05) is 0 Å². The number of amides is 2. The number of primary amides is 1. The van der Waals surface area contributed by atoms with E-state index >= 15 is 0 Å². The van der Waals surface area contributed by atoms with Crippen molar-refractivity contribution in [2.45, 2.75) is 18.9 Å². The van der Waals surface area contributed by atoms with E-state index in [2.05, 4.69) is 0 Å². The molecule has 0 unspecified atom stereocenters. The number of carbonyl (C=O) groups excluding carboxylic acids is 2.